The molecule has 1 amide bonds. The summed E-state index contributed by atoms with van der Waals surface area (Å²) in [5, 5.41) is 12.8. The summed E-state index contributed by atoms with van der Waals surface area (Å²) in [6.07, 6.45) is 8.63. The van der Waals surface area contributed by atoms with Gasteiger partial charge in [-0.15, -0.1) is 11.3 Å². The molecular weight excluding hydrogens is 362 g/mol. The van der Waals surface area contributed by atoms with Gasteiger partial charge in [0.2, 0.25) is 0 Å². The number of carbonyl (C=O) groups excluding carboxylic acids is 1. The third-order valence-corrected chi connectivity index (χ3v) is 5.69. The molecule has 9 heteroatoms. The molecule has 0 aromatic carbocycles. The SMILES string of the molecule is CCN1CCC(NC(=O)c2csc(-c3c[nH]nc3-c3cncnc3)n2)CC1. The Balaban J connectivity index is 1.47. The van der Waals surface area contributed by atoms with Crippen LogP contribution in [0.25, 0.3) is 21.8 Å². The first-order valence-corrected chi connectivity index (χ1v) is 9.91. The molecule has 0 unspecified atom stereocenters. The molecule has 0 radical (unpaired) electrons. The largest absolute Gasteiger partial charge is 0.348 e. The van der Waals surface area contributed by atoms with Gasteiger partial charge in [-0.2, -0.15) is 5.10 Å². The lowest BCUT2D eigenvalue weighted by Gasteiger charge is -2.31. The fourth-order valence-corrected chi connectivity index (χ4v) is 4.07. The highest BCUT2D eigenvalue weighted by molar-refractivity contribution is 7.13. The molecule has 2 N–H and O–H groups in total. The van der Waals surface area contributed by atoms with Crippen LogP contribution in [-0.2, 0) is 0 Å². The summed E-state index contributed by atoms with van der Waals surface area (Å²) in [6, 6.07) is 0.219. The van der Waals surface area contributed by atoms with Crippen molar-refractivity contribution in [1.82, 2.24) is 35.4 Å². The van der Waals surface area contributed by atoms with Gasteiger partial charge in [-0.05, 0) is 19.4 Å². The van der Waals surface area contributed by atoms with Gasteiger partial charge < -0.3 is 10.2 Å². The molecule has 1 aliphatic rings. The van der Waals surface area contributed by atoms with Crippen molar-refractivity contribution in [3.8, 4) is 21.8 Å². The molecule has 1 saturated heterocycles. The van der Waals surface area contributed by atoms with E-state index in [0.29, 0.717) is 5.69 Å². The Kier molecular flexibility index (Phi) is 5.21. The van der Waals surface area contributed by atoms with E-state index >= 15 is 0 Å². The molecular formula is C18H21N7OS. The molecule has 4 rings (SSSR count). The number of H-pyrrole nitrogens is 1. The van der Waals surface area contributed by atoms with Crippen LogP contribution < -0.4 is 5.32 Å². The third kappa shape index (κ3) is 3.88. The molecule has 0 bridgehead atoms. The zero-order chi connectivity index (χ0) is 18.6. The van der Waals surface area contributed by atoms with E-state index in [0.717, 1.165) is 54.3 Å². The van der Waals surface area contributed by atoms with E-state index in [2.05, 4.69) is 42.3 Å². The zero-order valence-corrected chi connectivity index (χ0v) is 15.9. The van der Waals surface area contributed by atoms with Crippen LogP contribution in [0.4, 0.5) is 0 Å². The van der Waals surface area contributed by atoms with Crippen molar-refractivity contribution in [3.63, 3.8) is 0 Å². The fraction of sp³-hybridized carbons (Fsp3) is 0.389. The number of nitrogens with one attached hydrogen (secondary N) is 2. The number of carbonyl (C=O) groups is 1. The van der Waals surface area contributed by atoms with Crippen molar-refractivity contribution < 1.29 is 4.79 Å². The van der Waals surface area contributed by atoms with Crippen LogP contribution in [0.3, 0.4) is 0 Å². The van der Waals surface area contributed by atoms with Gasteiger partial charge in [0.1, 0.15) is 22.7 Å². The average Bonchev–Trinajstić information content (AvgIpc) is 3.38. The molecule has 1 aliphatic heterocycles. The third-order valence-electron chi connectivity index (χ3n) is 4.81. The van der Waals surface area contributed by atoms with Crippen LogP contribution >= 0.6 is 11.3 Å². The second-order valence-electron chi connectivity index (χ2n) is 6.49. The Morgan fingerprint density at radius 1 is 1.33 bits per heavy atom. The highest BCUT2D eigenvalue weighted by Gasteiger charge is 2.22. The van der Waals surface area contributed by atoms with Gasteiger partial charge in [-0.3, -0.25) is 9.89 Å². The molecule has 3 aromatic heterocycles. The standard InChI is InChI=1S/C18H21N7OS/c1-2-25-5-3-13(4-6-25)22-17(26)15-10-27-18(23-15)14-9-21-24-16(14)12-7-19-11-20-8-12/h7-11,13H,2-6H2,1H3,(H,21,24)(H,22,26). The second-order valence-corrected chi connectivity index (χ2v) is 7.35. The minimum absolute atomic E-state index is 0.111. The summed E-state index contributed by atoms with van der Waals surface area (Å²) >= 11 is 1.43. The van der Waals surface area contributed by atoms with E-state index in [1.165, 1.54) is 17.7 Å². The molecule has 4 heterocycles. The molecule has 0 saturated carbocycles. The molecule has 3 aromatic rings. The Labute approximate surface area is 161 Å². The first-order chi connectivity index (χ1) is 13.2. The van der Waals surface area contributed by atoms with Crippen molar-refractivity contribution in [2.45, 2.75) is 25.8 Å². The lowest BCUT2D eigenvalue weighted by Crippen LogP contribution is -2.44. The number of aromatic nitrogens is 5. The number of likely N-dealkylation sites (tertiary alicyclic amines) is 1. The first kappa shape index (κ1) is 17.7. The van der Waals surface area contributed by atoms with E-state index in [1.54, 1.807) is 24.0 Å². The van der Waals surface area contributed by atoms with Crippen LogP contribution in [0.15, 0.2) is 30.3 Å². The van der Waals surface area contributed by atoms with Gasteiger partial charge in [0.25, 0.3) is 5.91 Å². The van der Waals surface area contributed by atoms with Crippen molar-refractivity contribution in [2.24, 2.45) is 0 Å². The number of piperidine rings is 1. The van der Waals surface area contributed by atoms with E-state index < -0.39 is 0 Å². The van der Waals surface area contributed by atoms with Crippen molar-refractivity contribution in [1.29, 1.82) is 0 Å². The smallest absolute Gasteiger partial charge is 0.270 e. The summed E-state index contributed by atoms with van der Waals surface area (Å²) in [6.45, 7) is 5.29. The second kappa shape index (κ2) is 7.93. The molecule has 140 valence electrons. The molecule has 1 fully saturated rings. The highest BCUT2D eigenvalue weighted by Crippen LogP contribution is 2.31. The van der Waals surface area contributed by atoms with Crippen LogP contribution in [0.1, 0.15) is 30.3 Å². The normalized spacial score (nSPS) is 15.7. The predicted molar refractivity (Wildman–Crippen MR) is 103 cm³/mol. The fourth-order valence-electron chi connectivity index (χ4n) is 3.25. The Morgan fingerprint density at radius 3 is 2.85 bits per heavy atom. The summed E-state index contributed by atoms with van der Waals surface area (Å²) in [5.41, 5.74) is 2.82. The number of hydrogen-bond donors (Lipinski definition) is 2. The van der Waals surface area contributed by atoms with E-state index in [4.69, 9.17) is 0 Å². The Morgan fingerprint density at radius 2 is 2.11 bits per heavy atom. The van der Waals surface area contributed by atoms with E-state index in [-0.39, 0.29) is 11.9 Å². The summed E-state index contributed by atoms with van der Waals surface area (Å²) < 4.78 is 0. The minimum Gasteiger partial charge on any atom is -0.348 e. The van der Waals surface area contributed by atoms with E-state index in [9.17, 15) is 4.79 Å². The molecule has 0 aliphatic carbocycles. The minimum atomic E-state index is -0.111. The van der Waals surface area contributed by atoms with E-state index in [1.807, 2.05) is 0 Å². The molecule has 0 atom stereocenters. The summed E-state index contributed by atoms with van der Waals surface area (Å²) in [5.74, 6) is -0.111. The lowest BCUT2D eigenvalue weighted by atomic mass is 10.1. The monoisotopic (exact) mass is 383 g/mol. The highest BCUT2D eigenvalue weighted by atomic mass is 32.1. The van der Waals surface area contributed by atoms with Gasteiger partial charge >= 0.3 is 0 Å². The number of nitrogens with zero attached hydrogens (tertiary/aromatic N) is 5. The number of aromatic amines is 1. The lowest BCUT2D eigenvalue weighted by molar-refractivity contribution is 0.0908. The first-order valence-electron chi connectivity index (χ1n) is 9.03. The maximum absolute atomic E-state index is 12.6. The van der Waals surface area contributed by atoms with Crippen LogP contribution in [-0.4, -0.2) is 61.6 Å². The van der Waals surface area contributed by atoms with Gasteiger partial charge in [-0.25, -0.2) is 15.0 Å². The maximum Gasteiger partial charge on any atom is 0.270 e. The number of hydrogen-bond acceptors (Lipinski definition) is 7. The Bertz CT molecular complexity index is 899. The molecule has 27 heavy (non-hydrogen) atoms. The van der Waals surface area contributed by atoms with Gasteiger partial charge in [0.05, 0.1) is 5.56 Å². The number of amides is 1. The number of rotatable bonds is 5. The van der Waals surface area contributed by atoms with Crippen molar-refractivity contribution >= 4 is 17.2 Å². The van der Waals surface area contributed by atoms with Gasteiger partial charge in [0, 0.05) is 48.7 Å². The van der Waals surface area contributed by atoms with Crippen LogP contribution in [0.2, 0.25) is 0 Å². The number of thiazole rings is 1. The quantitative estimate of drug-likeness (QED) is 0.701. The average molecular weight is 383 g/mol. The zero-order valence-electron chi connectivity index (χ0n) is 15.1. The summed E-state index contributed by atoms with van der Waals surface area (Å²) in [7, 11) is 0. The topological polar surface area (TPSA) is 99.7 Å². The predicted octanol–water partition coefficient (Wildman–Crippen LogP) is 2.20. The molecule has 0 spiro atoms. The van der Waals surface area contributed by atoms with Crippen LogP contribution in [0.5, 0.6) is 0 Å². The molecule has 8 nitrogen and oxygen atoms in total. The van der Waals surface area contributed by atoms with Gasteiger partial charge in [-0.1, -0.05) is 6.92 Å². The van der Waals surface area contributed by atoms with Crippen molar-refractivity contribution in [2.75, 3.05) is 19.6 Å². The van der Waals surface area contributed by atoms with Crippen LogP contribution in [0, 0.1) is 0 Å². The van der Waals surface area contributed by atoms with Crippen molar-refractivity contribution in [3.05, 3.63) is 36.0 Å². The van der Waals surface area contributed by atoms with Gasteiger partial charge in [0.15, 0.2) is 0 Å². The Hall–Kier alpha value is -2.65. The maximum atomic E-state index is 12.6. The summed E-state index contributed by atoms with van der Waals surface area (Å²) in [4.78, 5) is 27.6.